The molecule has 0 bridgehead atoms. The number of nitrogens with one attached hydrogen (secondary N) is 2. The summed E-state index contributed by atoms with van der Waals surface area (Å²) in [6, 6.07) is 12.0. The van der Waals surface area contributed by atoms with E-state index in [1.54, 1.807) is 24.3 Å². The number of carbonyl (C=O) groups excluding carboxylic acids is 1. The first-order chi connectivity index (χ1) is 16.4. The number of aromatic nitrogens is 2. The third-order valence-corrected chi connectivity index (χ3v) is 5.64. The zero-order valence-electron chi connectivity index (χ0n) is 18.5. The molecular formula is C24H19ClF3N3O4. The van der Waals surface area contributed by atoms with Crippen LogP contribution in [0.1, 0.15) is 35.6 Å². The first-order valence-corrected chi connectivity index (χ1v) is 10.7. The minimum atomic E-state index is -4.57. The Hall–Kier alpha value is -3.79. The Morgan fingerprint density at radius 2 is 1.86 bits per heavy atom. The molecule has 0 spiro atoms. The molecule has 11 heteroatoms. The van der Waals surface area contributed by atoms with Crippen LogP contribution in [-0.4, -0.2) is 32.5 Å². The first-order valence-electron chi connectivity index (χ1n) is 10.3. The van der Waals surface area contributed by atoms with E-state index in [0.29, 0.717) is 5.39 Å². The van der Waals surface area contributed by atoms with Gasteiger partial charge in [-0.1, -0.05) is 41.9 Å². The van der Waals surface area contributed by atoms with E-state index < -0.39 is 29.2 Å². The van der Waals surface area contributed by atoms with E-state index in [9.17, 15) is 27.9 Å². The van der Waals surface area contributed by atoms with Crippen LogP contribution in [0.15, 0.2) is 48.5 Å². The van der Waals surface area contributed by atoms with Crippen molar-refractivity contribution in [3.63, 3.8) is 0 Å². The Balaban J connectivity index is 1.70. The fourth-order valence-electron chi connectivity index (χ4n) is 3.48. The van der Waals surface area contributed by atoms with Gasteiger partial charge < -0.3 is 20.1 Å². The van der Waals surface area contributed by atoms with Gasteiger partial charge in [-0.2, -0.15) is 13.2 Å². The van der Waals surface area contributed by atoms with E-state index in [4.69, 9.17) is 16.3 Å². The largest absolute Gasteiger partial charge is 0.484 e. The van der Waals surface area contributed by atoms with Crippen molar-refractivity contribution in [1.29, 1.82) is 0 Å². The van der Waals surface area contributed by atoms with Crippen LogP contribution >= 0.6 is 11.6 Å². The Morgan fingerprint density at radius 3 is 2.54 bits per heavy atom. The third-order valence-electron chi connectivity index (χ3n) is 5.35. The van der Waals surface area contributed by atoms with Crippen LogP contribution < -0.4 is 10.1 Å². The fraction of sp³-hybridized carbons (Fsp3) is 0.208. The van der Waals surface area contributed by atoms with Gasteiger partial charge in [0.1, 0.15) is 29.2 Å². The summed E-state index contributed by atoms with van der Waals surface area (Å²) in [4.78, 5) is 31.4. The molecule has 0 aliphatic heterocycles. The van der Waals surface area contributed by atoms with E-state index in [2.05, 4.69) is 15.3 Å². The number of halogens is 4. The lowest BCUT2D eigenvalue weighted by Gasteiger charge is -2.22. The van der Waals surface area contributed by atoms with Crippen LogP contribution in [0.25, 0.3) is 21.8 Å². The third kappa shape index (κ3) is 4.88. The van der Waals surface area contributed by atoms with Gasteiger partial charge in [-0.15, -0.1) is 0 Å². The second kappa shape index (κ2) is 8.77. The van der Waals surface area contributed by atoms with Gasteiger partial charge >= 0.3 is 12.1 Å². The molecule has 0 fully saturated rings. The number of amides is 1. The number of carbonyl (C=O) groups is 2. The van der Waals surface area contributed by atoms with Gasteiger partial charge in [0.15, 0.2) is 0 Å². The lowest BCUT2D eigenvalue weighted by molar-refractivity contribution is -0.143. The number of aliphatic carboxylic acids is 1. The second-order valence-corrected chi connectivity index (χ2v) is 8.78. The maximum Gasteiger partial charge on any atom is 0.416 e. The molecule has 0 aliphatic rings. The number of hydrogen-bond acceptors (Lipinski definition) is 4. The molecule has 0 aliphatic carbocycles. The number of rotatable bonds is 6. The number of carboxylic acid groups (broad SMARTS) is 1. The van der Waals surface area contributed by atoms with Crippen molar-refractivity contribution in [3.05, 3.63) is 70.5 Å². The molecule has 0 radical (unpaired) electrons. The first kappa shape index (κ1) is 24.3. The number of aromatic amines is 1. The molecule has 0 saturated heterocycles. The Kier molecular flexibility index (Phi) is 6.10. The Morgan fingerprint density at radius 1 is 1.14 bits per heavy atom. The molecule has 1 heterocycles. The fourth-order valence-corrected chi connectivity index (χ4v) is 3.74. The van der Waals surface area contributed by atoms with Crippen LogP contribution in [0.5, 0.6) is 5.75 Å². The Bertz CT molecular complexity index is 1460. The van der Waals surface area contributed by atoms with Crippen LogP contribution in [0.4, 0.5) is 13.2 Å². The molecule has 0 atom stereocenters. The highest BCUT2D eigenvalue weighted by Crippen LogP contribution is 2.35. The number of imidazole rings is 1. The lowest BCUT2D eigenvalue weighted by atomic mass is 10.0. The van der Waals surface area contributed by atoms with Crippen molar-refractivity contribution in [2.24, 2.45) is 0 Å². The highest BCUT2D eigenvalue weighted by atomic mass is 35.5. The highest BCUT2D eigenvalue weighted by molar-refractivity contribution is 6.35. The lowest BCUT2D eigenvalue weighted by Crippen LogP contribution is -2.49. The minimum Gasteiger partial charge on any atom is -0.484 e. The Labute approximate surface area is 201 Å². The van der Waals surface area contributed by atoms with Crippen LogP contribution in [0.3, 0.4) is 0 Å². The molecule has 3 N–H and O–H groups in total. The number of hydrogen-bond donors (Lipinski definition) is 3. The maximum atomic E-state index is 13.1. The number of H-pyrrole nitrogens is 1. The van der Waals surface area contributed by atoms with Crippen LogP contribution in [-0.2, 0) is 17.6 Å². The predicted molar refractivity (Wildman–Crippen MR) is 124 cm³/mol. The average Bonchev–Trinajstić information content (AvgIpc) is 3.20. The topological polar surface area (TPSA) is 104 Å². The molecule has 1 amide bonds. The van der Waals surface area contributed by atoms with Crippen molar-refractivity contribution >= 4 is 45.3 Å². The molecule has 3 aromatic carbocycles. The van der Waals surface area contributed by atoms with Crippen molar-refractivity contribution in [1.82, 2.24) is 15.3 Å². The van der Waals surface area contributed by atoms with E-state index in [1.807, 2.05) is 6.07 Å². The summed E-state index contributed by atoms with van der Waals surface area (Å²) in [5.74, 6) is -1.53. The highest BCUT2D eigenvalue weighted by Gasteiger charge is 2.32. The maximum absolute atomic E-state index is 13.1. The summed E-state index contributed by atoms with van der Waals surface area (Å²) in [7, 11) is 0. The van der Waals surface area contributed by atoms with E-state index in [-0.39, 0.29) is 39.8 Å². The number of ether oxygens (including phenoxy) is 1. The summed E-state index contributed by atoms with van der Waals surface area (Å²) in [6.45, 7) is 2.48. The summed E-state index contributed by atoms with van der Waals surface area (Å²) < 4.78 is 45.3. The number of carboxylic acids is 1. The van der Waals surface area contributed by atoms with Crippen LogP contribution in [0, 0.1) is 0 Å². The zero-order valence-corrected chi connectivity index (χ0v) is 19.2. The monoisotopic (exact) mass is 505 g/mol. The summed E-state index contributed by atoms with van der Waals surface area (Å²) in [6.07, 6.45) is -4.57. The standard InChI is InChI=1S/C24H19ClF3N3O4/c1-23(2,22(33)34)31-21(32)15-8-7-12-5-3-4-6-14(12)20(15)35-11-18-29-17-10-13(24(26,27)28)9-16(25)19(17)30-18/h3-10H,11H2,1-2H3,(H,29,30)(H,31,32)(H,33,34). The van der Waals surface area contributed by atoms with Crippen molar-refractivity contribution in [3.8, 4) is 5.75 Å². The van der Waals surface area contributed by atoms with Crippen molar-refractivity contribution < 1.29 is 32.6 Å². The van der Waals surface area contributed by atoms with Gasteiger partial charge in [0.25, 0.3) is 5.91 Å². The number of alkyl halides is 3. The molecule has 4 rings (SSSR count). The number of fused-ring (bicyclic) bond motifs is 2. The van der Waals surface area contributed by atoms with Crippen molar-refractivity contribution in [2.75, 3.05) is 0 Å². The van der Waals surface area contributed by atoms with E-state index in [0.717, 1.165) is 17.5 Å². The van der Waals surface area contributed by atoms with Gasteiger partial charge in [0.05, 0.1) is 21.7 Å². The van der Waals surface area contributed by atoms with Gasteiger partial charge in [0, 0.05) is 5.39 Å². The van der Waals surface area contributed by atoms with Crippen LogP contribution in [0.2, 0.25) is 5.02 Å². The van der Waals surface area contributed by atoms with Gasteiger partial charge in [-0.05, 0) is 37.4 Å². The smallest absolute Gasteiger partial charge is 0.416 e. The number of benzene rings is 3. The molecule has 0 saturated carbocycles. The molecule has 7 nitrogen and oxygen atoms in total. The zero-order chi connectivity index (χ0) is 25.5. The molecule has 182 valence electrons. The molecular weight excluding hydrogens is 487 g/mol. The molecule has 35 heavy (non-hydrogen) atoms. The summed E-state index contributed by atoms with van der Waals surface area (Å²) >= 11 is 6.01. The SMILES string of the molecule is CC(C)(NC(=O)c1ccc2ccccc2c1OCc1nc2c(Cl)cc(C(F)(F)F)cc2[nH]1)C(=O)O. The van der Waals surface area contributed by atoms with Crippen molar-refractivity contribution in [2.45, 2.75) is 32.2 Å². The molecule has 0 unspecified atom stereocenters. The second-order valence-electron chi connectivity index (χ2n) is 8.37. The van der Waals surface area contributed by atoms with Gasteiger partial charge in [0.2, 0.25) is 0 Å². The molecule has 4 aromatic rings. The molecule has 1 aromatic heterocycles. The quantitative estimate of drug-likeness (QED) is 0.318. The normalized spacial score (nSPS) is 12.2. The minimum absolute atomic E-state index is 0.0857. The summed E-state index contributed by atoms with van der Waals surface area (Å²) in [5, 5.41) is 13.0. The van der Waals surface area contributed by atoms with E-state index >= 15 is 0 Å². The van der Waals surface area contributed by atoms with Gasteiger partial charge in [-0.3, -0.25) is 4.79 Å². The van der Waals surface area contributed by atoms with E-state index in [1.165, 1.54) is 19.9 Å². The number of nitrogens with zero attached hydrogens (tertiary/aromatic N) is 1. The summed E-state index contributed by atoms with van der Waals surface area (Å²) in [5.41, 5.74) is -2.13. The van der Waals surface area contributed by atoms with Gasteiger partial charge in [-0.25, -0.2) is 9.78 Å². The average molecular weight is 506 g/mol. The predicted octanol–water partition coefficient (Wildman–Crippen LogP) is 5.56.